The molecule has 1 aliphatic heterocycles. The van der Waals surface area contributed by atoms with Gasteiger partial charge < -0.3 is 9.72 Å². The van der Waals surface area contributed by atoms with Crippen LogP contribution < -0.4 is 4.74 Å². The van der Waals surface area contributed by atoms with Gasteiger partial charge in [0.1, 0.15) is 11.6 Å². The maximum atomic E-state index is 13.0. The molecule has 3 heterocycles. The second kappa shape index (κ2) is 6.68. The Morgan fingerprint density at radius 1 is 1.35 bits per heavy atom. The summed E-state index contributed by atoms with van der Waals surface area (Å²) in [5, 5.41) is 1.74. The van der Waals surface area contributed by atoms with Crippen LogP contribution in [0.1, 0.15) is 30.1 Å². The van der Waals surface area contributed by atoms with Crippen molar-refractivity contribution in [1.82, 2.24) is 14.3 Å². The van der Waals surface area contributed by atoms with Crippen LogP contribution in [0, 0.1) is 6.92 Å². The Bertz CT molecular complexity index is 1040. The molecule has 0 bridgehead atoms. The number of thiophene rings is 1. The predicted octanol–water partition coefficient (Wildman–Crippen LogP) is 3.51. The highest BCUT2D eigenvalue weighted by Gasteiger charge is 2.34. The summed E-state index contributed by atoms with van der Waals surface area (Å²) in [6.45, 7) is 3.00. The fraction of sp³-hybridized carbons (Fsp3) is 0.389. The molecule has 2 aromatic heterocycles. The van der Waals surface area contributed by atoms with Crippen molar-refractivity contribution in [1.29, 1.82) is 0 Å². The molecule has 26 heavy (non-hydrogen) atoms. The number of nitrogens with one attached hydrogen (secondary N) is 1. The minimum atomic E-state index is -3.55. The number of methoxy groups -OCH3 is 1. The smallest absolute Gasteiger partial charge is 0.256 e. The number of aromatic nitrogens is 2. The van der Waals surface area contributed by atoms with Gasteiger partial charge in [-0.3, -0.25) is 0 Å². The zero-order valence-electron chi connectivity index (χ0n) is 14.7. The first kappa shape index (κ1) is 17.5. The normalized spacial score (nSPS) is 19.1. The Hall–Kier alpha value is -1.90. The Labute approximate surface area is 156 Å². The van der Waals surface area contributed by atoms with Crippen LogP contribution in [0.3, 0.4) is 0 Å². The number of hydrogen-bond donors (Lipinski definition) is 1. The maximum Gasteiger partial charge on any atom is 0.256 e. The van der Waals surface area contributed by atoms with Gasteiger partial charge in [0.25, 0.3) is 10.0 Å². The average molecular weight is 392 g/mol. The fourth-order valence-electron chi connectivity index (χ4n) is 3.46. The third kappa shape index (κ3) is 3.02. The molecule has 4 rings (SSSR count). The number of benzene rings is 1. The molecular weight excluding hydrogens is 370 g/mol. The van der Waals surface area contributed by atoms with Crippen molar-refractivity contribution in [2.75, 3.05) is 20.2 Å². The number of ether oxygens (including phenoxy) is 1. The second-order valence-corrected chi connectivity index (χ2v) is 9.67. The van der Waals surface area contributed by atoms with E-state index in [0.29, 0.717) is 18.8 Å². The zero-order valence-corrected chi connectivity index (χ0v) is 16.4. The van der Waals surface area contributed by atoms with Gasteiger partial charge in [-0.2, -0.15) is 4.31 Å². The lowest BCUT2D eigenvalue weighted by Crippen LogP contribution is -2.39. The Kier molecular flexibility index (Phi) is 4.50. The first-order valence-corrected chi connectivity index (χ1v) is 10.9. The predicted molar refractivity (Wildman–Crippen MR) is 102 cm³/mol. The number of aromatic amines is 1. The summed E-state index contributed by atoms with van der Waals surface area (Å²) < 4.78 is 33.1. The number of imidazole rings is 1. The van der Waals surface area contributed by atoms with E-state index < -0.39 is 10.0 Å². The minimum Gasteiger partial charge on any atom is -0.494 e. The van der Waals surface area contributed by atoms with Gasteiger partial charge in [0.05, 0.1) is 18.1 Å². The molecule has 0 saturated carbocycles. The highest BCUT2D eigenvalue weighted by Crippen LogP contribution is 2.35. The fourth-order valence-corrected chi connectivity index (χ4v) is 6.40. The lowest BCUT2D eigenvalue weighted by Gasteiger charge is -2.30. The van der Waals surface area contributed by atoms with Crippen molar-refractivity contribution in [2.24, 2.45) is 0 Å². The number of rotatable bonds is 4. The maximum absolute atomic E-state index is 13.0. The van der Waals surface area contributed by atoms with Gasteiger partial charge in [0, 0.05) is 19.0 Å². The largest absolute Gasteiger partial charge is 0.494 e. The highest BCUT2D eigenvalue weighted by atomic mass is 32.2. The molecule has 1 aromatic carbocycles. The quantitative estimate of drug-likeness (QED) is 0.738. The van der Waals surface area contributed by atoms with Crippen molar-refractivity contribution in [2.45, 2.75) is 29.9 Å². The van der Waals surface area contributed by atoms with E-state index in [1.165, 1.54) is 24.0 Å². The van der Waals surface area contributed by atoms with E-state index in [4.69, 9.17) is 9.72 Å². The van der Waals surface area contributed by atoms with Crippen LogP contribution in [0.5, 0.6) is 5.75 Å². The summed E-state index contributed by atoms with van der Waals surface area (Å²) in [4.78, 5) is 8.07. The van der Waals surface area contributed by atoms with E-state index in [0.717, 1.165) is 29.7 Å². The number of piperidine rings is 1. The summed E-state index contributed by atoms with van der Waals surface area (Å²) in [5.41, 5.74) is 3.09. The van der Waals surface area contributed by atoms with Crippen LogP contribution in [-0.2, 0) is 10.0 Å². The topological polar surface area (TPSA) is 75.3 Å². The second-order valence-electron chi connectivity index (χ2n) is 6.62. The summed E-state index contributed by atoms with van der Waals surface area (Å²) in [7, 11) is -2.06. The van der Waals surface area contributed by atoms with Crippen LogP contribution in [0.4, 0.5) is 0 Å². The van der Waals surface area contributed by atoms with Crippen molar-refractivity contribution < 1.29 is 13.2 Å². The average Bonchev–Trinajstić information content (AvgIpc) is 3.28. The number of sulfonamides is 1. The molecule has 1 aliphatic rings. The number of hydrogen-bond acceptors (Lipinski definition) is 5. The van der Waals surface area contributed by atoms with Crippen LogP contribution in [-0.4, -0.2) is 42.9 Å². The highest BCUT2D eigenvalue weighted by molar-refractivity contribution is 7.91. The number of H-pyrrole nitrogens is 1. The molecule has 8 heteroatoms. The van der Waals surface area contributed by atoms with Crippen LogP contribution >= 0.6 is 11.3 Å². The third-order valence-electron chi connectivity index (χ3n) is 4.82. The molecule has 0 radical (unpaired) electrons. The first-order chi connectivity index (χ1) is 12.5. The van der Waals surface area contributed by atoms with Crippen molar-refractivity contribution in [3.8, 4) is 5.75 Å². The van der Waals surface area contributed by atoms with Crippen molar-refractivity contribution in [3.63, 3.8) is 0 Å². The van der Waals surface area contributed by atoms with Gasteiger partial charge in [-0.15, -0.1) is 11.3 Å². The van der Waals surface area contributed by atoms with Gasteiger partial charge in [-0.25, -0.2) is 13.4 Å². The summed E-state index contributed by atoms with van der Waals surface area (Å²) in [6, 6.07) is 7.80. The van der Waals surface area contributed by atoms with Crippen molar-refractivity contribution >= 4 is 32.4 Å². The third-order valence-corrected chi connectivity index (χ3v) is 8.11. The van der Waals surface area contributed by atoms with Gasteiger partial charge in [0.15, 0.2) is 4.21 Å². The summed E-state index contributed by atoms with van der Waals surface area (Å²) in [6.07, 6.45) is 1.74. The van der Waals surface area contributed by atoms with Gasteiger partial charge in [-0.1, -0.05) is 6.07 Å². The van der Waals surface area contributed by atoms with Gasteiger partial charge in [-0.05, 0) is 48.9 Å². The lowest BCUT2D eigenvalue weighted by molar-refractivity contribution is 0.309. The molecule has 1 fully saturated rings. The molecule has 0 amide bonds. The molecule has 0 unspecified atom stereocenters. The molecular formula is C18H21N3O3S2. The van der Waals surface area contributed by atoms with Crippen LogP contribution in [0.15, 0.2) is 33.9 Å². The number of aryl methyl sites for hydroxylation is 1. The molecule has 1 N–H and O–H groups in total. The van der Waals surface area contributed by atoms with Crippen molar-refractivity contribution in [3.05, 3.63) is 41.0 Å². The van der Waals surface area contributed by atoms with Crippen LogP contribution in [0.2, 0.25) is 0 Å². The molecule has 6 nitrogen and oxygen atoms in total. The Morgan fingerprint density at radius 3 is 3.00 bits per heavy atom. The zero-order chi connectivity index (χ0) is 18.3. The molecule has 1 atom stereocenters. The molecule has 3 aromatic rings. The first-order valence-electron chi connectivity index (χ1n) is 8.57. The minimum absolute atomic E-state index is 0.0668. The number of fused-ring (bicyclic) bond motifs is 1. The van der Waals surface area contributed by atoms with Gasteiger partial charge >= 0.3 is 0 Å². The molecule has 138 valence electrons. The standard InChI is InChI=1S/C18H21N3O3S2/c1-12-5-6-14-15(10-12)20-17(19-14)13-4-3-8-21(11-13)26(22,23)18-16(24-2)7-9-25-18/h5-7,9-10,13H,3-4,8,11H2,1-2H3,(H,19,20)/t13-/m0/s1. The Balaban J connectivity index is 1.62. The monoisotopic (exact) mass is 391 g/mol. The molecule has 0 spiro atoms. The SMILES string of the molecule is COc1ccsc1S(=O)(=O)N1CCC[C@H](c2nc3ccc(C)cc3[nH]2)C1. The van der Waals surface area contributed by atoms with Crippen LogP contribution in [0.25, 0.3) is 11.0 Å². The van der Waals surface area contributed by atoms with E-state index in [9.17, 15) is 8.42 Å². The van der Waals surface area contributed by atoms with E-state index >= 15 is 0 Å². The van der Waals surface area contributed by atoms with Gasteiger partial charge in [0.2, 0.25) is 0 Å². The summed E-state index contributed by atoms with van der Waals surface area (Å²) >= 11 is 1.20. The van der Waals surface area contributed by atoms with E-state index in [2.05, 4.69) is 11.1 Å². The van der Waals surface area contributed by atoms with E-state index in [1.807, 2.05) is 19.1 Å². The van der Waals surface area contributed by atoms with E-state index in [1.54, 1.807) is 15.8 Å². The summed E-state index contributed by atoms with van der Waals surface area (Å²) in [5.74, 6) is 1.34. The number of nitrogens with zero attached hydrogens (tertiary/aromatic N) is 2. The van der Waals surface area contributed by atoms with E-state index in [-0.39, 0.29) is 10.1 Å². The lowest BCUT2D eigenvalue weighted by atomic mass is 9.99. The Morgan fingerprint density at radius 2 is 2.19 bits per heavy atom. The molecule has 0 aliphatic carbocycles. The molecule has 1 saturated heterocycles.